The SMILES string of the molecule is O=C(CN1CCC(O)CC1)Nc1cccc(C(=O)CNCCN2CCC(OC(=O)N(c3ccccc3-c3ccccc3)c3ccccc3-c3ccccc3)CC2)c1. The lowest BCUT2D eigenvalue weighted by Crippen LogP contribution is -2.42. The van der Waals surface area contributed by atoms with Gasteiger partial charge in [0.15, 0.2) is 5.78 Å². The van der Waals surface area contributed by atoms with Crippen LogP contribution < -0.4 is 15.5 Å². The quantitative estimate of drug-likeness (QED) is 0.0782. The normalized spacial score (nSPS) is 15.5. The van der Waals surface area contributed by atoms with E-state index in [0.29, 0.717) is 56.6 Å². The second kappa shape index (κ2) is 19.5. The largest absolute Gasteiger partial charge is 0.445 e. The molecule has 5 aromatic rings. The summed E-state index contributed by atoms with van der Waals surface area (Å²) in [6, 6.07) is 43.2. The lowest BCUT2D eigenvalue weighted by Gasteiger charge is -2.34. The molecule has 0 radical (unpaired) electrons. The van der Waals surface area contributed by atoms with Crippen LogP contribution in [0.15, 0.2) is 133 Å². The Morgan fingerprint density at radius 1 is 0.667 bits per heavy atom. The highest BCUT2D eigenvalue weighted by molar-refractivity contribution is 6.04. The molecule has 2 saturated heterocycles. The number of aliphatic hydroxyl groups excluding tert-OH is 1. The van der Waals surface area contributed by atoms with Gasteiger partial charge in [0.05, 0.1) is 30.6 Å². The first-order valence-electron chi connectivity index (χ1n) is 20.0. The van der Waals surface area contributed by atoms with Gasteiger partial charge in [-0.15, -0.1) is 0 Å². The minimum absolute atomic E-state index is 0.0473. The summed E-state index contributed by atoms with van der Waals surface area (Å²) in [5, 5.41) is 15.9. The standard InChI is InChI=1S/C47H51N5O5/c53-39-22-27-51(28-23-39)34-46(55)49-38-17-11-16-37(32-38)45(54)33-48-26-31-50-29-24-40(25-30-50)57-47(56)52(43-20-9-7-18-41(43)35-12-3-1-4-13-35)44-21-10-8-19-42(44)36-14-5-2-6-15-36/h1-21,32,39-40,48,53H,22-31,33-34H2,(H,49,55). The third-order valence-corrected chi connectivity index (χ3v) is 10.7. The molecular formula is C47H51N5O5. The summed E-state index contributed by atoms with van der Waals surface area (Å²) in [7, 11) is 0. The number of ether oxygens (including phenoxy) is 1. The molecule has 294 valence electrons. The molecule has 0 aromatic heterocycles. The maximum Gasteiger partial charge on any atom is 0.419 e. The number of anilines is 3. The average Bonchev–Trinajstić information content (AvgIpc) is 3.25. The van der Waals surface area contributed by atoms with Gasteiger partial charge in [-0.3, -0.25) is 14.5 Å². The third-order valence-electron chi connectivity index (χ3n) is 10.7. The average molecular weight is 766 g/mol. The fourth-order valence-electron chi connectivity index (χ4n) is 7.63. The molecule has 0 spiro atoms. The van der Waals surface area contributed by atoms with Crippen molar-refractivity contribution < 1.29 is 24.2 Å². The number of aliphatic hydroxyl groups is 1. The van der Waals surface area contributed by atoms with Crippen molar-refractivity contribution in [3.8, 4) is 22.3 Å². The van der Waals surface area contributed by atoms with Crippen molar-refractivity contribution in [3.05, 3.63) is 139 Å². The van der Waals surface area contributed by atoms with E-state index in [1.807, 2.05) is 89.8 Å². The maximum atomic E-state index is 14.4. The molecule has 5 aromatic carbocycles. The lowest BCUT2D eigenvalue weighted by molar-refractivity contribution is -0.117. The van der Waals surface area contributed by atoms with Crippen LogP contribution in [-0.4, -0.2) is 97.3 Å². The van der Waals surface area contributed by atoms with Gasteiger partial charge >= 0.3 is 6.09 Å². The van der Waals surface area contributed by atoms with Gasteiger partial charge < -0.3 is 25.4 Å². The van der Waals surface area contributed by atoms with Crippen LogP contribution in [0.5, 0.6) is 0 Å². The number of hydrogen-bond donors (Lipinski definition) is 3. The van der Waals surface area contributed by atoms with E-state index < -0.39 is 6.09 Å². The number of ketones is 1. The summed E-state index contributed by atoms with van der Waals surface area (Å²) in [6.07, 6.45) is 1.83. The topological polar surface area (TPSA) is 114 Å². The first-order chi connectivity index (χ1) is 27.9. The summed E-state index contributed by atoms with van der Waals surface area (Å²) in [5.41, 5.74) is 6.52. The van der Waals surface area contributed by atoms with E-state index in [-0.39, 0.29) is 37.0 Å². The molecule has 2 amide bonds. The fourth-order valence-corrected chi connectivity index (χ4v) is 7.63. The Bertz CT molecular complexity index is 2010. The van der Waals surface area contributed by atoms with Crippen molar-refractivity contribution >= 4 is 34.8 Å². The maximum absolute atomic E-state index is 14.4. The number of carbonyl (C=O) groups is 3. The Hall–Kier alpha value is -5.65. The Labute approximate surface area is 335 Å². The highest BCUT2D eigenvalue weighted by atomic mass is 16.6. The molecule has 10 nitrogen and oxygen atoms in total. The first-order valence-corrected chi connectivity index (χ1v) is 20.0. The summed E-state index contributed by atoms with van der Waals surface area (Å²) in [6.45, 7) is 4.78. The fraction of sp³-hybridized carbons (Fsp3) is 0.298. The van der Waals surface area contributed by atoms with Crippen molar-refractivity contribution in [1.29, 1.82) is 0 Å². The van der Waals surface area contributed by atoms with Crippen LogP contribution in [0, 0.1) is 0 Å². The number of para-hydroxylation sites is 2. The number of amides is 2. The Morgan fingerprint density at radius 2 is 1.23 bits per heavy atom. The molecule has 0 bridgehead atoms. The monoisotopic (exact) mass is 765 g/mol. The molecule has 0 aliphatic carbocycles. The van der Waals surface area contributed by atoms with Crippen molar-refractivity contribution in [3.63, 3.8) is 0 Å². The number of benzene rings is 5. The Kier molecular flexibility index (Phi) is 13.5. The molecule has 0 saturated carbocycles. The van der Waals surface area contributed by atoms with Gasteiger partial charge in [0.2, 0.25) is 5.91 Å². The van der Waals surface area contributed by atoms with E-state index in [0.717, 1.165) is 53.3 Å². The van der Waals surface area contributed by atoms with E-state index in [1.165, 1.54) is 0 Å². The van der Waals surface area contributed by atoms with Gasteiger partial charge in [-0.1, -0.05) is 109 Å². The zero-order valence-electron chi connectivity index (χ0n) is 32.3. The minimum Gasteiger partial charge on any atom is -0.445 e. The predicted octanol–water partition coefficient (Wildman–Crippen LogP) is 7.63. The molecule has 2 heterocycles. The first kappa shape index (κ1) is 39.6. The highest BCUT2D eigenvalue weighted by Gasteiger charge is 2.29. The molecule has 0 atom stereocenters. The molecule has 0 unspecified atom stereocenters. The number of likely N-dealkylation sites (tertiary alicyclic amines) is 2. The van der Waals surface area contributed by atoms with Crippen LogP contribution >= 0.6 is 0 Å². The van der Waals surface area contributed by atoms with Gasteiger partial charge in [0.1, 0.15) is 6.10 Å². The van der Waals surface area contributed by atoms with Crippen LogP contribution in [0.25, 0.3) is 22.3 Å². The molecular weight excluding hydrogens is 715 g/mol. The van der Waals surface area contributed by atoms with E-state index in [2.05, 4.69) is 39.8 Å². The van der Waals surface area contributed by atoms with E-state index >= 15 is 0 Å². The van der Waals surface area contributed by atoms with E-state index in [9.17, 15) is 19.5 Å². The number of nitrogens with zero attached hydrogens (tertiary/aromatic N) is 3. The summed E-state index contributed by atoms with van der Waals surface area (Å²) < 4.78 is 6.34. The zero-order chi connectivity index (χ0) is 39.4. The van der Waals surface area contributed by atoms with Crippen LogP contribution in [0.1, 0.15) is 36.0 Å². The molecule has 57 heavy (non-hydrogen) atoms. The summed E-state index contributed by atoms with van der Waals surface area (Å²) in [5.74, 6) is -0.180. The van der Waals surface area contributed by atoms with Crippen LogP contribution in [0.2, 0.25) is 0 Å². The molecule has 2 fully saturated rings. The van der Waals surface area contributed by atoms with E-state index in [1.54, 1.807) is 29.2 Å². The van der Waals surface area contributed by atoms with Gasteiger partial charge in [-0.05, 0) is 61.1 Å². The van der Waals surface area contributed by atoms with Gasteiger partial charge in [-0.2, -0.15) is 0 Å². The van der Waals surface area contributed by atoms with Crippen molar-refractivity contribution in [1.82, 2.24) is 15.1 Å². The van der Waals surface area contributed by atoms with Crippen molar-refractivity contribution in [2.75, 3.05) is 62.6 Å². The predicted molar refractivity (Wildman–Crippen MR) is 226 cm³/mol. The van der Waals surface area contributed by atoms with Crippen molar-refractivity contribution in [2.24, 2.45) is 0 Å². The van der Waals surface area contributed by atoms with Gasteiger partial charge in [-0.25, -0.2) is 9.69 Å². The molecule has 7 rings (SSSR count). The molecule has 2 aliphatic rings. The second-order valence-electron chi connectivity index (χ2n) is 14.8. The van der Waals surface area contributed by atoms with Gasteiger partial charge in [0, 0.05) is 61.6 Å². The van der Waals surface area contributed by atoms with Crippen LogP contribution in [0.4, 0.5) is 21.9 Å². The second-order valence-corrected chi connectivity index (χ2v) is 14.8. The summed E-state index contributed by atoms with van der Waals surface area (Å²) in [4.78, 5) is 46.1. The molecule has 3 N–H and O–H groups in total. The van der Waals surface area contributed by atoms with Crippen molar-refractivity contribution in [2.45, 2.75) is 37.9 Å². The molecule has 10 heteroatoms. The number of rotatable bonds is 14. The number of piperidine rings is 2. The van der Waals surface area contributed by atoms with Gasteiger partial charge in [0.25, 0.3) is 0 Å². The molecule has 2 aliphatic heterocycles. The number of nitrogens with one attached hydrogen (secondary N) is 2. The van der Waals surface area contributed by atoms with Crippen LogP contribution in [-0.2, 0) is 9.53 Å². The lowest BCUT2D eigenvalue weighted by atomic mass is 10.00. The number of hydrogen-bond acceptors (Lipinski definition) is 8. The number of Topliss-reactive ketones (excluding diaryl/α,β-unsaturated/α-hetero) is 1. The smallest absolute Gasteiger partial charge is 0.419 e. The zero-order valence-corrected chi connectivity index (χ0v) is 32.3. The highest BCUT2D eigenvalue weighted by Crippen LogP contribution is 2.40. The third kappa shape index (κ3) is 10.6. The Balaban J connectivity index is 0.925. The number of carbonyl (C=O) groups excluding carboxylic acids is 3. The summed E-state index contributed by atoms with van der Waals surface area (Å²) >= 11 is 0. The van der Waals surface area contributed by atoms with E-state index in [4.69, 9.17) is 4.74 Å². The van der Waals surface area contributed by atoms with Crippen LogP contribution in [0.3, 0.4) is 0 Å². The minimum atomic E-state index is -0.410. The Morgan fingerprint density at radius 3 is 1.84 bits per heavy atom.